The Morgan fingerprint density at radius 2 is 2.23 bits per heavy atom. The molecular formula is C15H22N6O. The van der Waals surface area contributed by atoms with E-state index >= 15 is 0 Å². The first-order chi connectivity index (χ1) is 10.6. The fraction of sp³-hybridized carbons (Fsp3) is 0.533. The highest BCUT2D eigenvalue weighted by atomic mass is 16.5. The van der Waals surface area contributed by atoms with Crippen molar-refractivity contribution in [2.24, 2.45) is 0 Å². The molecule has 1 aliphatic heterocycles. The van der Waals surface area contributed by atoms with E-state index < -0.39 is 0 Å². The number of ether oxygens (including phenoxy) is 1. The molecule has 1 atom stereocenters. The second-order valence-corrected chi connectivity index (χ2v) is 6.02. The van der Waals surface area contributed by atoms with Crippen molar-refractivity contribution in [2.75, 3.05) is 25.5 Å². The van der Waals surface area contributed by atoms with Crippen LogP contribution in [0.4, 0.5) is 11.6 Å². The summed E-state index contributed by atoms with van der Waals surface area (Å²) in [5.41, 5.74) is 1.08. The Morgan fingerprint density at radius 1 is 1.36 bits per heavy atom. The van der Waals surface area contributed by atoms with Gasteiger partial charge in [0.05, 0.1) is 12.4 Å². The molecule has 0 bridgehead atoms. The summed E-state index contributed by atoms with van der Waals surface area (Å²) in [6, 6.07) is 1.98. The number of aromatic amines is 1. The molecule has 1 saturated heterocycles. The molecular weight excluding hydrogens is 280 g/mol. The Morgan fingerprint density at radius 3 is 2.91 bits per heavy atom. The highest BCUT2D eigenvalue weighted by Crippen LogP contribution is 2.20. The summed E-state index contributed by atoms with van der Waals surface area (Å²) >= 11 is 0. The number of hydrogen-bond donors (Lipinski definition) is 2. The molecule has 22 heavy (non-hydrogen) atoms. The van der Waals surface area contributed by atoms with Crippen LogP contribution in [0.2, 0.25) is 0 Å². The Kier molecular flexibility index (Phi) is 4.24. The molecule has 0 aliphatic carbocycles. The lowest BCUT2D eigenvalue weighted by molar-refractivity contribution is 0.199. The zero-order chi connectivity index (χ0) is 15.5. The third-order valence-electron chi connectivity index (χ3n) is 3.72. The van der Waals surface area contributed by atoms with Gasteiger partial charge >= 0.3 is 0 Å². The van der Waals surface area contributed by atoms with Gasteiger partial charge in [-0.1, -0.05) is 13.8 Å². The first-order valence-electron chi connectivity index (χ1n) is 7.59. The van der Waals surface area contributed by atoms with Gasteiger partial charge in [-0.15, -0.1) is 0 Å². The van der Waals surface area contributed by atoms with Gasteiger partial charge in [0.2, 0.25) is 5.88 Å². The number of aromatic nitrogens is 4. The van der Waals surface area contributed by atoms with Gasteiger partial charge < -0.3 is 15.0 Å². The highest BCUT2D eigenvalue weighted by Gasteiger charge is 2.21. The third-order valence-corrected chi connectivity index (χ3v) is 3.72. The Labute approximate surface area is 130 Å². The number of rotatable bonds is 5. The van der Waals surface area contributed by atoms with Crippen molar-refractivity contribution in [1.29, 1.82) is 0 Å². The molecule has 3 heterocycles. The number of hydrogen-bond acceptors (Lipinski definition) is 6. The van der Waals surface area contributed by atoms with Crippen LogP contribution < -0.4 is 10.1 Å². The van der Waals surface area contributed by atoms with E-state index in [0.29, 0.717) is 17.6 Å². The normalized spacial score (nSPS) is 18.8. The average molecular weight is 302 g/mol. The largest absolute Gasteiger partial charge is 0.472 e. The van der Waals surface area contributed by atoms with Gasteiger partial charge in [-0.2, -0.15) is 10.1 Å². The fourth-order valence-corrected chi connectivity index (χ4v) is 2.45. The maximum atomic E-state index is 5.88. The molecule has 0 saturated carbocycles. The summed E-state index contributed by atoms with van der Waals surface area (Å²) in [5, 5.41) is 10.4. The minimum absolute atomic E-state index is 0.187. The van der Waals surface area contributed by atoms with E-state index in [9.17, 15) is 0 Å². The summed E-state index contributed by atoms with van der Waals surface area (Å²) in [6.45, 7) is 6.21. The van der Waals surface area contributed by atoms with Crippen molar-refractivity contribution in [3.8, 4) is 5.88 Å². The van der Waals surface area contributed by atoms with E-state index in [1.165, 1.54) is 0 Å². The molecule has 0 aromatic carbocycles. The van der Waals surface area contributed by atoms with Gasteiger partial charge in [0, 0.05) is 24.8 Å². The summed E-state index contributed by atoms with van der Waals surface area (Å²) in [7, 11) is 2.09. The Hall–Kier alpha value is -2.15. The minimum Gasteiger partial charge on any atom is -0.472 e. The highest BCUT2D eigenvalue weighted by molar-refractivity contribution is 5.51. The van der Waals surface area contributed by atoms with E-state index in [1.54, 1.807) is 12.4 Å². The molecule has 2 aromatic heterocycles. The molecule has 1 fully saturated rings. The number of likely N-dealkylation sites (tertiary alicyclic amines) is 1. The minimum atomic E-state index is 0.187. The molecule has 118 valence electrons. The predicted molar refractivity (Wildman–Crippen MR) is 84.5 cm³/mol. The number of H-pyrrole nitrogens is 1. The molecule has 1 aliphatic rings. The molecule has 0 spiro atoms. The summed E-state index contributed by atoms with van der Waals surface area (Å²) in [4.78, 5) is 10.9. The van der Waals surface area contributed by atoms with Gasteiger partial charge in [0.15, 0.2) is 11.6 Å². The van der Waals surface area contributed by atoms with Crippen LogP contribution in [0.1, 0.15) is 31.9 Å². The van der Waals surface area contributed by atoms with Gasteiger partial charge in [-0.25, -0.2) is 0 Å². The van der Waals surface area contributed by atoms with E-state index in [1.807, 2.05) is 6.07 Å². The lowest BCUT2D eigenvalue weighted by atomic mass is 10.1. The second kappa shape index (κ2) is 6.31. The van der Waals surface area contributed by atoms with Crippen molar-refractivity contribution in [2.45, 2.75) is 32.3 Å². The van der Waals surface area contributed by atoms with Crippen LogP contribution in [-0.2, 0) is 0 Å². The molecule has 0 unspecified atom stereocenters. The van der Waals surface area contributed by atoms with Crippen molar-refractivity contribution in [3.63, 3.8) is 0 Å². The van der Waals surface area contributed by atoms with Crippen LogP contribution in [0, 0.1) is 0 Å². The lowest BCUT2D eigenvalue weighted by Crippen LogP contribution is -2.21. The summed E-state index contributed by atoms with van der Waals surface area (Å²) < 4.78 is 5.88. The number of nitrogens with one attached hydrogen (secondary N) is 2. The molecule has 0 amide bonds. The van der Waals surface area contributed by atoms with Crippen LogP contribution in [0.15, 0.2) is 18.5 Å². The predicted octanol–water partition coefficient (Wildman–Crippen LogP) is 2.15. The van der Waals surface area contributed by atoms with Crippen LogP contribution >= 0.6 is 0 Å². The zero-order valence-corrected chi connectivity index (χ0v) is 13.2. The topological polar surface area (TPSA) is 79.0 Å². The molecule has 3 rings (SSSR count). The SMILES string of the molecule is CC(C)c1cc(Nc2cncc(O[C@@H]3CCN(C)C3)n2)n[nH]1. The van der Waals surface area contributed by atoms with Gasteiger partial charge in [-0.05, 0) is 19.4 Å². The van der Waals surface area contributed by atoms with Gasteiger partial charge in [-0.3, -0.25) is 10.1 Å². The molecule has 7 heteroatoms. The average Bonchev–Trinajstić information content (AvgIpc) is 3.09. The summed E-state index contributed by atoms with van der Waals surface area (Å²) in [6.07, 6.45) is 4.52. The van der Waals surface area contributed by atoms with Crippen LogP contribution in [-0.4, -0.2) is 51.3 Å². The monoisotopic (exact) mass is 302 g/mol. The van der Waals surface area contributed by atoms with Crippen molar-refractivity contribution in [1.82, 2.24) is 25.1 Å². The van der Waals surface area contributed by atoms with Crippen LogP contribution in [0.25, 0.3) is 0 Å². The lowest BCUT2D eigenvalue weighted by Gasteiger charge is -2.13. The van der Waals surface area contributed by atoms with Crippen molar-refractivity contribution >= 4 is 11.6 Å². The number of anilines is 2. The Bertz CT molecular complexity index is 626. The van der Waals surface area contributed by atoms with E-state index in [2.05, 4.69) is 51.3 Å². The molecule has 2 N–H and O–H groups in total. The zero-order valence-electron chi connectivity index (χ0n) is 13.2. The van der Waals surface area contributed by atoms with Crippen molar-refractivity contribution < 1.29 is 4.74 Å². The molecule has 7 nitrogen and oxygen atoms in total. The van der Waals surface area contributed by atoms with Crippen LogP contribution in [0.5, 0.6) is 5.88 Å². The third kappa shape index (κ3) is 3.54. The molecule has 2 aromatic rings. The number of nitrogens with zero attached hydrogens (tertiary/aromatic N) is 4. The van der Waals surface area contributed by atoms with E-state index in [0.717, 1.165) is 31.0 Å². The number of likely N-dealkylation sites (N-methyl/N-ethyl adjacent to an activating group) is 1. The first kappa shape index (κ1) is 14.8. The summed E-state index contributed by atoms with van der Waals surface area (Å²) in [5.74, 6) is 2.31. The molecule has 0 radical (unpaired) electrons. The fourth-order valence-electron chi connectivity index (χ4n) is 2.45. The Balaban J connectivity index is 1.65. The van der Waals surface area contributed by atoms with Gasteiger partial charge in [0.1, 0.15) is 6.10 Å². The van der Waals surface area contributed by atoms with Crippen molar-refractivity contribution in [3.05, 3.63) is 24.2 Å². The van der Waals surface area contributed by atoms with Gasteiger partial charge in [0.25, 0.3) is 0 Å². The maximum Gasteiger partial charge on any atom is 0.234 e. The first-order valence-corrected chi connectivity index (χ1v) is 7.59. The van der Waals surface area contributed by atoms with Crippen LogP contribution in [0.3, 0.4) is 0 Å². The standard InChI is InChI=1S/C15H22N6O/c1-10(2)12-6-13(20-19-12)17-14-7-16-8-15(18-14)22-11-4-5-21(3)9-11/h6-8,10-11H,4-5,9H2,1-3H3,(H2,17,18,19,20)/t11-/m1/s1. The maximum absolute atomic E-state index is 5.88. The quantitative estimate of drug-likeness (QED) is 0.881. The second-order valence-electron chi connectivity index (χ2n) is 6.02. The van der Waals surface area contributed by atoms with E-state index in [4.69, 9.17) is 4.74 Å². The smallest absolute Gasteiger partial charge is 0.234 e. The van der Waals surface area contributed by atoms with E-state index in [-0.39, 0.29) is 6.10 Å².